The van der Waals surface area contributed by atoms with Crippen LogP contribution in [-0.2, 0) is 9.53 Å². The highest BCUT2D eigenvalue weighted by Crippen LogP contribution is 2.05. The van der Waals surface area contributed by atoms with Gasteiger partial charge in [0.25, 0.3) is 0 Å². The molecule has 0 spiro atoms. The molecule has 0 aromatic rings. The van der Waals surface area contributed by atoms with E-state index in [1.54, 1.807) is 7.05 Å². The lowest BCUT2D eigenvalue weighted by Gasteiger charge is -2.11. The predicted molar refractivity (Wildman–Crippen MR) is 58.1 cm³/mol. The fourth-order valence-electron chi connectivity index (χ4n) is 1.26. The van der Waals surface area contributed by atoms with Crippen molar-refractivity contribution in [3.05, 3.63) is 11.6 Å². The van der Waals surface area contributed by atoms with Crippen LogP contribution in [0.4, 0.5) is 0 Å². The number of ether oxygens (including phenoxy) is 1. The predicted octanol–water partition coefficient (Wildman–Crippen LogP) is 1.88. The summed E-state index contributed by atoms with van der Waals surface area (Å²) in [5, 5.41) is 2.93. The second-order valence-electron chi connectivity index (χ2n) is 3.28. The summed E-state index contributed by atoms with van der Waals surface area (Å²) in [7, 11) is 1.76. The summed E-state index contributed by atoms with van der Waals surface area (Å²) < 4.78 is 4.93. The van der Waals surface area contributed by atoms with Gasteiger partial charge in [-0.25, -0.2) is 0 Å². The number of hydrogen-bond acceptors (Lipinski definition) is 3. The van der Waals surface area contributed by atoms with Crippen LogP contribution in [-0.4, -0.2) is 25.7 Å². The maximum absolute atomic E-state index is 11.4. The smallest absolute Gasteiger partial charge is 0.327 e. The van der Waals surface area contributed by atoms with Crippen LogP contribution in [0.2, 0.25) is 0 Å². The summed E-state index contributed by atoms with van der Waals surface area (Å²) in [6.45, 7) is 6.40. The van der Waals surface area contributed by atoms with Gasteiger partial charge in [-0.05, 0) is 27.3 Å². The zero-order valence-electron chi connectivity index (χ0n) is 9.59. The van der Waals surface area contributed by atoms with E-state index in [0.717, 1.165) is 12.8 Å². The first-order chi connectivity index (χ1) is 6.65. The molecule has 0 amide bonds. The maximum Gasteiger partial charge on any atom is 0.327 e. The number of carbonyl (C=O) groups excluding carboxylic acids is 1. The number of allylic oxidation sites excluding steroid dienone is 1. The van der Waals surface area contributed by atoms with Crippen molar-refractivity contribution in [2.24, 2.45) is 0 Å². The molecule has 3 nitrogen and oxygen atoms in total. The second-order valence-corrected chi connectivity index (χ2v) is 3.28. The fraction of sp³-hybridized carbons (Fsp3) is 0.727. The molecule has 0 radical (unpaired) electrons. The highest BCUT2D eigenvalue weighted by Gasteiger charge is 2.14. The van der Waals surface area contributed by atoms with Crippen molar-refractivity contribution < 1.29 is 9.53 Å². The molecule has 0 aliphatic rings. The van der Waals surface area contributed by atoms with Crippen LogP contribution in [0, 0.1) is 0 Å². The van der Waals surface area contributed by atoms with E-state index in [9.17, 15) is 4.79 Å². The van der Waals surface area contributed by atoms with E-state index in [0.29, 0.717) is 6.61 Å². The second kappa shape index (κ2) is 7.56. The summed E-state index contributed by atoms with van der Waals surface area (Å²) in [5.41, 5.74) is 1.22. The Morgan fingerprint density at radius 2 is 2.14 bits per heavy atom. The Bertz CT molecular complexity index is 199. The van der Waals surface area contributed by atoms with E-state index in [1.165, 1.54) is 5.57 Å². The van der Waals surface area contributed by atoms with Crippen molar-refractivity contribution in [1.29, 1.82) is 0 Å². The molecule has 0 saturated heterocycles. The van der Waals surface area contributed by atoms with Crippen LogP contribution in [0.25, 0.3) is 0 Å². The number of likely N-dealkylation sites (N-methyl/N-ethyl adjacent to an activating group) is 1. The minimum Gasteiger partial charge on any atom is -0.465 e. The van der Waals surface area contributed by atoms with Gasteiger partial charge in [0.2, 0.25) is 0 Å². The van der Waals surface area contributed by atoms with Crippen molar-refractivity contribution in [3.8, 4) is 0 Å². The molecule has 1 unspecified atom stereocenters. The van der Waals surface area contributed by atoms with Crippen LogP contribution in [0.3, 0.4) is 0 Å². The molecule has 0 saturated carbocycles. The van der Waals surface area contributed by atoms with Crippen molar-refractivity contribution in [2.75, 3.05) is 13.7 Å². The summed E-state index contributed by atoms with van der Waals surface area (Å²) >= 11 is 0. The first-order valence-electron chi connectivity index (χ1n) is 5.16. The Morgan fingerprint density at radius 1 is 1.50 bits per heavy atom. The van der Waals surface area contributed by atoms with Gasteiger partial charge in [0.15, 0.2) is 0 Å². The van der Waals surface area contributed by atoms with Crippen LogP contribution in [0.5, 0.6) is 0 Å². The van der Waals surface area contributed by atoms with Gasteiger partial charge in [0, 0.05) is 0 Å². The Balaban J connectivity index is 4.26. The first-order valence-corrected chi connectivity index (χ1v) is 5.16. The number of rotatable bonds is 6. The molecule has 0 aromatic carbocycles. The van der Waals surface area contributed by atoms with Gasteiger partial charge in [0.1, 0.15) is 6.04 Å². The monoisotopic (exact) mass is 199 g/mol. The Labute approximate surface area is 86.5 Å². The minimum absolute atomic E-state index is 0.203. The lowest BCUT2D eigenvalue weighted by molar-refractivity contribution is -0.144. The molecule has 0 aromatic heterocycles. The molecule has 0 rings (SSSR count). The van der Waals surface area contributed by atoms with Gasteiger partial charge >= 0.3 is 5.97 Å². The molecule has 0 aliphatic carbocycles. The molecule has 14 heavy (non-hydrogen) atoms. The average Bonchev–Trinajstić information content (AvgIpc) is 2.15. The Kier molecular flexibility index (Phi) is 7.11. The molecule has 0 bridgehead atoms. The first kappa shape index (κ1) is 13.2. The highest BCUT2D eigenvalue weighted by atomic mass is 16.5. The molecular weight excluding hydrogens is 178 g/mol. The zero-order chi connectivity index (χ0) is 11.0. The normalized spacial score (nSPS) is 13.9. The third kappa shape index (κ3) is 5.02. The molecule has 3 heteroatoms. The fourth-order valence-corrected chi connectivity index (χ4v) is 1.26. The largest absolute Gasteiger partial charge is 0.465 e. The Hall–Kier alpha value is -0.830. The maximum atomic E-state index is 11.4. The minimum atomic E-state index is -0.304. The molecule has 0 fully saturated rings. The third-order valence-electron chi connectivity index (χ3n) is 1.95. The molecule has 1 atom stereocenters. The van der Waals surface area contributed by atoms with Crippen LogP contribution < -0.4 is 5.32 Å². The van der Waals surface area contributed by atoms with E-state index in [-0.39, 0.29) is 12.0 Å². The van der Waals surface area contributed by atoms with Crippen molar-refractivity contribution >= 4 is 5.97 Å². The number of hydrogen-bond donors (Lipinski definition) is 1. The van der Waals surface area contributed by atoms with E-state index in [2.05, 4.69) is 12.2 Å². The Morgan fingerprint density at radius 3 is 2.57 bits per heavy atom. The molecular formula is C11H21NO2. The van der Waals surface area contributed by atoms with E-state index >= 15 is 0 Å². The van der Waals surface area contributed by atoms with Gasteiger partial charge in [0.05, 0.1) is 6.61 Å². The summed E-state index contributed by atoms with van der Waals surface area (Å²) in [5.74, 6) is -0.203. The number of nitrogens with one attached hydrogen (secondary N) is 1. The zero-order valence-corrected chi connectivity index (χ0v) is 9.59. The van der Waals surface area contributed by atoms with Crippen LogP contribution in [0.15, 0.2) is 11.6 Å². The van der Waals surface area contributed by atoms with Gasteiger partial charge in [-0.15, -0.1) is 0 Å². The van der Waals surface area contributed by atoms with E-state index in [1.807, 2.05) is 19.9 Å². The molecule has 82 valence electrons. The summed E-state index contributed by atoms with van der Waals surface area (Å²) in [6, 6.07) is -0.304. The molecule has 1 N–H and O–H groups in total. The van der Waals surface area contributed by atoms with Crippen molar-refractivity contribution in [1.82, 2.24) is 5.32 Å². The molecule has 0 heterocycles. The average molecular weight is 199 g/mol. The topological polar surface area (TPSA) is 38.3 Å². The number of esters is 1. The van der Waals surface area contributed by atoms with Crippen molar-refractivity contribution in [2.45, 2.75) is 39.7 Å². The van der Waals surface area contributed by atoms with E-state index < -0.39 is 0 Å². The van der Waals surface area contributed by atoms with Crippen LogP contribution >= 0.6 is 0 Å². The van der Waals surface area contributed by atoms with Crippen LogP contribution in [0.1, 0.15) is 33.6 Å². The van der Waals surface area contributed by atoms with Crippen molar-refractivity contribution in [3.63, 3.8) is 0 Å². The summed E-state index contributed by atoms with van der Waals surface area (Å²) in [4.78, 5) is 11.4. The van der Waals surface area contributed by atoms with Gasteiger partial charge in [-0.3, -0.25) is 4.79 Å². The third-order valence-corrected chi connectivity index (χ3v) is 1.95. The van der Waals surface area contributed by atoms with Gasteiger partial charge in [-0.1, -0.05) is 25.0 Å². The van der Waals surface area contributed by atoms with Gasteiger partial charge < -0.3 is 10.1 Å². The van der Waals surface area contributed by atoms with E-state index in [4.69, 9.17) is 4.74 Å². The summed E-state index contributed by atoms with van der Waals surface area (Å²) in [6.07, 6.45) is 4.06. The lowest BCUT2D eigenvalue weighted by atomic mass is 10.1. The quantitative estimate of drug-likeness (QED) is 0.524. The molecule has 0 aliphatic heterocycles. The standard InChI is InChI=1S/C11H21NO2/c1-5-7-9(3)8-10(12-4)11(13)14-6-2/h8,10,12H,5-7H2,1-4H3/b9-8-. The van der Waals surface area contributed by atoms with Gasteiger partial charge in [-0.2, -0.15) is 0 Å². The SMILES string of the molecule is CCC/C(C)=C\C(NC)C(=O)OCC. The number of carbonyl (C=O) groups is 1. The lowest BCUT2D eigenvalue weighted by Crippen LogP contribution is -2.34. The highest BCUT2D eigenvalue weighted by molar-refractivity contribution is 5.78.